The first kappa shape index (κ1) is 13.7. The zero-order chi connectivity index (χ0) is 8.55. The molecule has 0 aliphatic heterocycles. The third kappa shape index (κ3) is 3.12. The summed E-state index contributed by atoms with van der Waals surface area (Å²) in [7, 11) is 0. The first-order valence-electron chi connectivity index (χ1n) is 4.47. The van der Waals surface area contributed by atoms with Gasteiger partial charge in [-0.2, -0.15) is 0 Å². The first-order chi connectivity index (χ1) is 5.79. The molecule has 2 nitrogen and oxygen atoms in total. The number of aromatic nitrogens is 1. The van der Waals surface area contributed by atoms with Gasteiger partial charge in [-0.3, -0.25) is 4.98 Å². The molecular formula is C10H16Cl2N2. The molecule has 1 fully saturated rings. The van der Waals surface area contributed by atoms with E-state index in [1.54, 1.807) is 0 Å². The number of hydrogen-bond acceptors (Lipinski definition) is 2. The minimum Gasteiger partial charge on any atom is -0.326 e. The molecule has 0 aromatic carbocycles. The molecule has 0 saturated heterocycles. The highest BCUT2D eigenvalue weighted by molar-refractivity contribution is 5.85. The predicted octanol–water partition coefficient (Wildman–Crippen LogP) is 2.57. The van der Waals surface area contributed by atoms with Gasteiger partial charge in [-0.1, -0.05) is 0 Å². The minimum atomic E-state index is 0. The van der Waals surface area contributed by atoms with Crippen LogP contribution >= 0.6 is 24.8 Å². The molecule has 1 aliphatic carbocycles. The van der Waals surface area contributed by atoms with Crippen LogP contribution < -0.4 is 5.73 Å². The van der Waals surface area contributed by atoms with Crippen molar-refractivity contribution in [3.8, 4) is 0 Å². The summed E-state index contributed by atoms with van der Waals surface area (Å²) in [6, 6.07) is 4.20. The number of hydrogen-bond donors (Lipinski definition) is 1. The standard InChI is InChI=1S/C10H14N2.2ClH/c1-7-4-8(6-11)5-10(12-7)9-2-3-9;;/h4-5,9H,2-3,6,11H2,1H3;2*1H. The largest absolute Gasteiger partial charge is 0.326 e. The van der Waals surface area contributed by atoms with E-state index in [1.807, 2.05) is 6.92 Å². The lowest BCUT2D eigenvalue weighted by Crippen LogP contribution is -2.00. The fraction of sp³-hybridized carbons (Fsp3) is 0.500. The number of halogens is 2. The van der Waals surface area contributed by atoms with Crippen LogP contribution in [0, 0.1) is 6.92 Å². The summed E-state index contributed by atoms with van der Waals surface area (Å²) < 4.78 is 0. The van der Waals surface area contributed by atoms with Gasteiger partial charge in [-0.15, -0.1) is 24.8 Å². The highest BCUT2D eigenvalue weighted by atomic mass is 35.5. The summed E-state index contributed by atoms with van der Waals surface area (Å²) in [5, 5.41) is 0. The summed E-state index contributed by atoms with van der Waals surface area (Å²) in [5.41, 5.74) is 9.14. The number of nitrogens with two attached hydrogens (primary N) is 1. The quantitative estimate of drug-likeness (QED) is 0.855. The topological polar surface area (TPSA) is 38.9 Å². The molecule has 4 heteroatoms. The van der Waals surface area contributed by atoms with Crippen molar-refractivity contribution >= 4 is 24.8 Å². The van der Waals surface area contributed by atoms with Gasteiger partial charge in [0.15, 0.2) is 0 Å². The van der Waals surface area contributed by atoms with Crippen LogP contribution in [-0.4, -0.2) is 4.98 Å². The lowest BCUT2D eigenvalue weighted by Gasteiger charge is -2.03. The van der Waals surface area contributed by atoms with E-state index in [4.69, 9.17) is 5.73 Å². The first-order valence-corrected chi connectivity index (χ1v) is 4.47. The van der Waals surface area contributed by atoms with Crippen molar-refractivity contribution in [1.29, 1.82) is 0 Å². The average Bonchev–Trinajstić information content (AvgIpc) is 2.85. The van der Waals surface area contributed by atoms with Gasteiger partial charge >= 0.3 is 0 Å². The van der Waals surface area contributed by atoms with Crippen LogP contribution in [-0.2, 0) is 6.54 Å². The van der Waals surface area contributed by atoms with Crippen molar-refractivity contribution in [2.75, 3.05) is 0 Å². The Labute approximate surface area is 97.1 Å². The maximum absolute atomic E-state index is 5.58. The van der Waals surface area contributed by atoms with Crippen molar-refractivity contribution in [2.24, 2.45) is 5.73 Å². The van der Waals surface area contributed by atoms with Crippen molar-refractivity contribution in [3.05, 3.63) is 29.1 Å². The van der Waals surface area contributed by atoms with Gasteiger partial charge in [0.2, 0.25) is 0 Å². The molecule has 1 aliphatic rings. The Morgan fingerprint density at radius 3 is 2.50 bits per heavy atom. The summed E-state index contributed by atoms with van der Waals surface area (Å²) in [6.45, 7) is 2.66. The highest BCUT2D eigenvalue weighted by Gasteiger charge is 2.25. The number of aryl methyl sites for hydroxylation is 1. The fourth-order valence-electron chi connectivity index (χ4n) is 1.47. The van der Waals surface area contributed by atoms with Gasteiger partial charge in [0.1, 0.15) is 0 Å². The summed E-state index contributed by atoms with van der Waals surface area (Å²) in [5.74, 6) is 0.732. The van der Waals surface area contributed by atoms with E-state index in [1.165, 1.54) is 24.1 Å². The highest BCUT2D eigenvalue weighted by Crippen LogP contribution is 2.39. The molecule has 1 aromatic heterocycles. The van der Waals surface area contributed by atoms with Crippen LogP contribution in [0.25, 0.3) is 0 Å². The Morgan fingerprint density at radius 2 is 2.00 bits per heavy atom. The number of nitrogens with zero attached hydrogens (tertiary/aromatic N) is 1. The molecule has 80 valence electrons. The summed E-state index contributed by atoms with van der Waals surface area (Å²) >= 11 is 0. The van der Waals surface area contributed by atoms with Crippen LogP contribution in [0.3, 0.4) is 0 Å². The molecule has 0 bridgehead atoms. The lowest BCUT2D eigenvalue weighted by molar-refractivity contribution is 0.958. The minimum absolute atomic E-state index is 0. The Kier molecular flexibility index (Phi) is 5.42. The Morgan fingerprint density at radius 1 is 1.36 bits per heavy atom. The second-order valence-corrected chi connectivity index (χ2v) is 3.52. The SMILES string of the molecule is Cc1cc(CN)cc(C2CC2)n1.Cl.Cl. The van der Waals surface area contributed by atoms with Gasteiger partial charge in [0.25, 0.3) is 0 Å². The molecule has 1 heterocycles. The number of pyridine rings is 1. The van der Waals surface area contributed by atoms with E-state index in [2.05, 4.69) is 17.1 Å². The zero-order valence-corrected chi connectivity index (χ0v) is 9.83. The second-order valence-electron chi connectivity index (χ2n) is 3.52. The Bertz CT molecular complexity index is 298. The van der Waals surface area contributed by atoms with Gasteiger partial charge in [-0.25, -0.2) is 0 Å². The third-order valence-corrected chi connectivity index (χ3v) is 2.26. The van der Waals surface area contributed by atoms with Gasteiger partial charge < -0.3 is 5.73 Å². The smallest absolute Gasteiger partial charge is 0.0440 e. The van der Waals surface area contributed by atoms with E-state index in [0.717, 1.165) is 11.6 Å². The maximum atomic E-state index is 5.58. The molecule has 0 radical (unpaired) electrons. The van der Waals surface area contributed by atoms with Crippen LogP contribution in [0.5, 0.6) is 0 Å². The van der Waals surface area contributed by atoms with Gasteiger partial charge in [-0.05, 0) is 37.5 Å². The molecule has 0 spiro atoms. The van der Waals surface area contributed by atoms with E-state index in [0.29, 0.717) is 6.54 Å². The summed E-state index contributed by atoms with van der Waals surface area (Å²) in [6.07, 6.45) is 2.61. The second kappa shape index (κ2) is 5.54. The van der Waals surface area contributed by atoms with Crippen molar-refractivity contribution < 1.29 is 0 Å². The van der Waals surface area contributed by atoms with Crippen molar-refractivity contribution in [2.45, 2.75) is 32.2 Å². The molecule has 0 unspecified atom stereocenters. The molecule has 2 N–H and O–H groups in total. The Hall–Kier alpha value is -0.310. The average molecular weight is 235 g/mol. The van der Waals surface area contributed by atoms with Crippen LogP contribution in [0.1, 0.15) is 35.7 Å². The molecule has 1 aromatic rings. The number of rotatable bonds is 2. The molecule has 1 saturated carbocycles. The van der Waals surface area contributed by atoms with E-state index in [-0.39, 0.29) is 24.8 Å². The van der Waals surface area contributed by atoms with Crippen LogP contribution in [0.4, 0.5) is 0 Å². The summed E-state index contributed by atoms with van der Waals surface area (Å²) in [4.78, 5) is 4.49. The van der Waals surface area contributed by atoms with E-state index >= 15 is 0 Å². The maximum Gasteiger partial charge on any atom is 0.0440 e. The molecule has 0 atom stereocenters. The predicted molar refractivity (Wildman–Crippen MR) is 63.3 cm³/mol. The molecule has 14 heavy (non-hydrogen) atoms. The van der Waals surface area contributed by atoms with Gasteiger partial charge in [0, 0.05) is 23.9 Å². The monoisotopic (exact) mass is 234 g/mol. The third-order valence-electron chi connectivity index (χ3n) is 2.26. The lowest BCUT2D eigenvalue weighted by atomic mass is 10.1. The van der Waals surface area contributed by atoms with E-state index in [9.17, 15) is 0 Å². The van der Waals surface area contributed by atoms with Crippen molar-refractivity contribution in [1.82, 2.24) is 4.98 Å². The van der Waals surface area contributed by atoms with Crippen LogP contribution in [0.15, 0.2) is 12.1 Å². The Balaban J connectivity index is 0.000000845. The van der Waals surface area contributed by atoms with E-state index < -0.39 is 0 Å². The van der Waals surface area contributed by atoms with Crippen LogP contribution in [0.2, 0.25) is 0 Å². The van der Waals surface area contributed by atoms with Gasteiger partial charge in [0.05, 0.1) is 0 Å². The normalized spacial score (nSPS) is 14.1. The molecule has 2 rings (SSSR count). The molecule has 0 amide bonds. The fourth-order valence-corrected chi connectivity index (χ4v) is 1.47. The van der Waals surface area contributed by atoms with Crippen molar-refractivity contribution in [3.63, 3.8) is 0 Å². The molecular weight excluding hydrogens is 219 g/mol. The zero-order valence-electron chi connectivity index (χ0n) is 8.19.